The first-order chi connectivity index (χ1) is 15.8. The first kappa shape index (κ1) is 24.5. The minimum atomic E-state index is -3.78. The molecule has 1 saturated carbocycles. The van der Waals surface area contributed by atoms with Crippen molar-refractivity contribution < 1.29 is 27.5 Å². The zero-order valence-electron chi connectivity index (χ0n) is 18.7. The molecule has 0 saturated heterocycles. The number of amides is 2. The van der Waals surface area contributed by atoms with Crippen molar-refractivity contribution in [3.8, 4) is 11.5 Å². The molecule has 0 aromatic heterocycles. The third kappa shape index (κ3) is 6.45. The maximum Gasteiger partial charge on any atom is 0.251 e. The van der Waals surface area contributed by atoms with E-state index in [0.717, 1.165) is 25.7 Å². The Balaban J connectivity index is 1.47. The highest BCUT2D eigenvalue weighted by Gasteiger charge is 2.22. The second kappa shape index (κ2) is 11.2. The lowest BCUT2D eigenvalue weighted by Gasteiger charge is -2.12. The molecule has 9 nitrogen and oxygen atoms in total. The number of carbonyl (C=O) groups excluding carboxylic acids is 2. The summed E-state index contributed by atoms with van der Waals surface area (Å²) in [7, 11) is -0.893. The van der Waals surface area contributed by atoms with Gasteiger partial charge in [0, 0.05) is 36.3 Å². The predicted octanol–water partition coefficient (Wildman–Crippen LogP) is 2.54. The maximum atomic E-state index is 12.5. The Morgan fingerprint density at radius 1 is 0.939 bits per heavy atom. The summed E-state index contributed by atoms with van der Waals surface area (Å²) in [6, 6.07) is 10.9. The Morgan fingerprint density at radius 3 is 2.24 bits per heavy atom. The summed E-state index contributed by atoms with van der Waals surface area (Å²) in [5.74, 6) is 0.473. The number of sulfonamides is 1. The van der Waals surface area contributed by atoms with E-state index in [4.69, 9.17) is 9.47 Å². The summed E-state index contributed by atoms with van der Waals surface area (Å²) in [5, 5.41) is 5.56. The first-order valence-corrected chi connectivity index (χ1v) is 12.2. The van der Waals surface area contributed by atoms with Gasteiger partial charge in [0.05, 0.1) is 19.1 Å². The molecule has 1 aliphatic rings. The second-order valence-electron chi connectivity index (χ2n) is 7.72. The van der Waals surface area contributed by atoms with Crippen molar-refractivity contribution in [2.75, 3.05) is 32.6 Å². The van der Waals surface area contributed by atoms with Gasteiger partial charge in [-0.2, -0.15) is 0 Å². The number of ether oxygens (including phenoxy) is 2. The van der Waals surface area contributed by atoms with E-state index in [2.05, 4.69) is 15.4 Å². The Bertz CT molecular complexity index is 1080. The van der Waals surface area contributed by atoms with Gasteiger partial charge in [0.15, 0.2) is 11.5 Å². The van der Waals surface area contributed by atoms with Crippen LogP contribution in [0.25, 0.3) is 0 Å². The molecule has 178 valence electrons. The van der Waals surface area contributed by atoms with Crippen molar-refractivity contribution in [3.05, 3.63) is 48.0 Å². The van der Waals surface area contributed by atoms with Crippen LogP contribution in [0.15, 0.2) is 47.4 Å². The van der Waals surface area contributed by atoms with E-state index < -0.39 is 10.0 Å². The number of nitrogens with one attached hydrogen (secondary N) is 3. The minimum Gasteiger partial charge on any atom is -0.493 e. The lowest BCUT2D eigenvalue weighted by Crippen LogP contribution is -2.34. The zero-order valence-corrected chi connectivity index (χ0v) is 19.5. The van der Waals surface area contributed by atoms with Crippen molar-refractivity contribution in [3.63, 3.8) is 0 Å². The van der Waals surface area contributed by atoms with Gasteiger partial charge in [-0.05, 0) is 49.2 Å². The van der Waals surface area contributed by atoms with Crippen LogP contribution in [0.3, 0.4) is 0 Å². The van der Waals surface area contributed by atoms with Crippen LogP contribution in [0.4, 0.5) is 5.69 Å². The molecule has 10 heteroatoms. The van der Waals surface area contributed by atoms with Gasteiger partial charge in [-0.3, -0.25) is 9.59 Å². The quantitative estimate of drug-likeness (QED) is 0.454. The summed E-state index contributed by atoms with van der Waals surface area (Å²) in [4.78, 5) is 24.6. The Morgan fingerprint density at radius 2 is 1.61 bits per heavy atom. The summed E-state index contributed by atoms with van der Waals surface area (Å²) in [5.41, 5.74) is 1.06. The van der Waals surface area contributed by atoms with E-state index >= 15 is 0 Å². The first-order valence-electron chi connectivity index (χ1n) is 10.7. The normalized spacial score (nSPS) is 14.0. The van der Waals surface area contributed by atoms with Gasteiger partial charge in [-0.25, -0.2) is 13.1 Å². The highest BCUT2D eigenvalue weighted by atomic mass is 32.2. The predicted molar refractivity (Wildman–Crippen MR) is 124 cm³/mol. The molecule has 0 bridgehead atoms. The average molecular weight is 476 g/mol. The molecule has 0 unspecified atom stereocenters. The Kier molecular flexibility index (Phi) is 8.29. The third-order valence-corrected chi connectivity index (χ3v) is 6.97. The van der Waals surface area contributed by atoms with Crippen LogP contribution in [-0.2, 0) is 14.8 Å². The maximum absolute atomic E-state index is 12.5. The van der Waals surface area contributed by atoms with Gasteiger partial charge in [0.25, 0.3) is 5.91 Å². The molecule has 3 rings (SSSR count). The van der Waals surface area contributed by atoms with Gasteiger partial charge in [-0.1, -0.05) is 12.8 Å². The fourth-order valence-electron chi connectivity index (χ4n) is 3.67. The lowest BCUT2D eigenvalue weighted by molar-refractivity contribution is -0.119. The van der Waals surface area contributed by atoms with E-state index in [-0.39, 0.29) is 35.7 Å². The van der Waals surface area contributed by atoms with E-state index in [1.807, 2.05) is 0 Å². The largest absolute Gasteiger partial charge is 0.493 e. The molecule has 0 aliphatic heterocycles. The topological polar surface area (TPSA) is 123 Å². The van der Waals surface area contributed by atoms with Gasteiger partial charge >= 0.3 is 0 Å². The molecular formula is C23H29N3O6S. The molecule has 0 atom stereocenters. The molecule has 3 N–H and O–H groups in total. The summed E-state index contributed by atoms with van der Waals surface area (Å²) >= 11 is 0. The zero-order chi connectivity index (χ0) is 23.8. The molecule has 2 aromatic carbocycles. The van der Waals surface area contributed by atoms with Crippen LogP contribution in [0.1, 0.15) is 36.0 Å². The lowest BCUT2D eigenvalue weighted by atomic mass is 10.1. The van der Waals surface area contributed by atoms with Crippen LogP contribution >= 0.6 is 0 Å². The fourth-order valence-corrected chi connectivity index (χ4v) is 4.71. The second-order valence-corrected chi connectivity index (χ2v) is 9.49. The number of anilines is 1. The van der Waals surface area contributed by atoms with Gasteiger partial charge in [-0.15, -0.1) is 0 Å². The van der Waals surface area contributed by atoms with Crippen LogP contribution in [0.5, 0.6) is 11.5 Å². The number of methoxy groups -OCH3 is 2. The van der Waals surface area contributed by atoms with Crippen molar-refractivity contribution in [1.29, 1.82) is 0 Å². The van der Waals surface area contributed by atoms with Gasteiger partial charge in [0.2, 0.25) is 15.9 Å². The Labute approximate surface area is 193 Å². The molecule has 2 amide bonds. The highest BCUT2D eigenvalue weighted by molar-refractivity contribution is 7.89. The van der Waals surface area contributed by atoms with Crippen LogP contribution < -0.4 is 24.8 Å². The molecule has 0 spiro atoms. The molecular weight excluding hydrogens is 446 g/mol. The minimum absolute atomic E-state index is 0.0119. The molecule has 1 aliphatic carbocycles. The van der Waals surface area contributed by atoms with Gasteiger partial charge < -0.3 is 20.1 Å². The van der Waals surface area contributed by atoms with Gasteiger partial charge in [0.1, 0.15) is 0 Å². The summed E-state index contributed by atoms with van der Waals surface area (Å²) < 4.78 is 37.7. The SMILES string of the molecule is COc1ccc(S(=O)(=O)NCCNC(=O)c2ccc(NC(=O)C3CCCC3)cc2)cc1OC. The monoisotopic (exact) mass is 475 g/mol. The third-order valence-electron chi connectivity index (χ3n) is 5.51. The van der Waals surface area contributed by atoms with Crippen molar-refractivity contribution >= 4 is 27.5 Å². The number of hydrogen-bond acceptors (Lipinski definition) is 6. The fraction of sp³-hybridized carbons (Fsp3) is 0.391. The number of rotatable bonds is 10. The van der Waals surface area contributed by atoms with E-state index in [1.54, 1.807) is 24.3 Å². The number of benzene rings is 2. The van der Waals surface area contributed by atoms with Crippen LogP contribution in [0, 0.1) is 5.92 Å². The van der Waals surface area contributed by atoms with Crippen LogP contribution in [-0.4, -0.2) is 47.5 Å². The smallest absolute Gasteiger partial charge is 0.251 e. The molecule has 33 heavy (non-hydrogen) atoms. The molecule has 2 aromatic rings. The summed E-state index contributed by atoms with van der Waals surface area (Å²) in [6.07, 6.45) is 4.01. The average Bonchev–Trinajstić information content (AvgIpc) is 3.37. The highest BCUT2D eigenvalue weighted by Crippen LogP contribution is 2.29. The van der Waals surface area contributed by atoms with Crippen molar-refractivity contribution in [1.82, 2.24) is 10.0 Å². The van der Waals surface area contributed by atoms with E-state index in [0.29, 0.717) is 22.7 Å². The van der Waals surface area contributed by atoms with Crippen molar-refractivity contribution in [2.24, 2.45) is 5.92 Å². The van der Waals surface area contributed by atoms with E-state index in [1.165, 1.54) is 32.4 Å². The number of hydrogen-bond donors (Lipinski definition) is 3. The molecule has 1 fully saturated rings. The Hall–Kier alpha value is -3.11. The van der Waals surface area contributed by atoms with Crippen LogP contribution in [0.2, 0.25) is 0 Å². The van der Waals surface area contributed by atoms with Crippen molar-refractivity contribution in [2.45, 2.75) is 30.6 Å². The molecule has 0 radical (unpaired) electrons. The molecule has 0 heterocycles. The standard InChI is InChI=1S/C23H29N3O6S/c1-31-20-12-11-19(15-21(20)32-2)33(29,30)25-14-13-24-22(27)17-7-9-18(10-8-17)26-23(28)16-5-3-4-6-16/h7-12,15-16,25H,3-6,13-14H2,1-2H3,(H,24,27)(H,26,28). The number of carbonyl (C=O) groups is 2. The summed E-state index contributed by atoms with van der Waals surface area (Å²) in [6.45, 7) is 0.115. The van der Waals surface area contributed by atoms with E-state index in [9.17, 15) is 18.0 Å².